The Morgan fingerprint density at radius 1 is 1.00 bits per heavy atom. The minimum absolute atomic E-state index is 0.844. The van der Waals surface area contributed by atoms with E-state index in [0.717, 1.165) is 12.1 Å². The Morgan fingerprint density at radius 3 is 2.33 bits per heavy atom. The molecular formula is C13H26N2. The molecule has 0 N–H and O–H groups in total. The van der Waals surface area contributed by atoms with E-state index in [4.69, 9.17) is 0 Å². The molecule has 0 bridgehead atoms. The minimum Gasteiger partial charge on any atom is -0.303 e. The summed E-state index contributed by atoms with van der Waals surface area (Å²) in [5.74, 6) is 0. The van der Waals surface area contributed by atoms with Crippen LogP contribution in [0.3, 0.4) is 0 Å². The molecule has 0 unspecified atom stereocenters. The fourth-order valence-electron chi connectivity index (χ4n) is 3.23. The van der Waals surface area contributed by atoms with Gasteiger partial charge in [-0.25, -0.2) is 0 Å². The SMILES string of the molecule is CCN1CCC(N2CCCC[C@H]2C)CC1. The molecule has 0 aromatic carbocycles. The zero-order valence-corrected chi connectivity index (χ0v) is 10.4. The van der Waals surface area contributed by atoms with Gasteiger partial charge in [-0.1, -0.05) is 13.3 Å². The first-order valence-corrected chi connectivity index (χ1v) is 6.79. The molecule has 88 valence electrons. The molecule has 0 amide bonds. The molecule has 0 saturated carbocycles. The van der Waals surface area contributed by atoms with Gasteiger partial charge < -0.3 is 4.90 Å². The molecule has 15 heavy (non-hydrogen) atoms. The third kappa shape index (κ3) is 2.73. The van der Waals surface area contributed by atoms with Crippen LogP contribution in [-0.2, 0) is 0 Å². The first kappa shape index (κ1) is 11.4. The van der Waals surface area contributed by atoms with E-state index in [1.54, 1.807) is 0 Å². The van der Waals surface area contributed by atoms with Crippen LogP contribution in [0.25, 0.3) is 0 Å². The van der Waals surface area contributed by atoms with E-state index in [1.807, 2.05) is 0 Å². The monoisotopic (exact) mass is 210 g/mol. The predicted molar refractivity (Wildman–Crippen MR) is 65.2 cm³/mol. The summed E-state index contributed by atoms with van der Waals surface area (Å²) in [6.45, 7) is 9.95. The number of hydrogen-bond acceptors (Lipinski definition) is 2. The van der Waals surface area contributed by atoms with Gasteiger partial charge in [-0.2, -0.15) is 0 Å². The van der Waals surface area contributed by atoms with E-state index in [1.165, 1.54) is 58.3 Å². The second kappa shape index (κ2) is 5.31. The van der Waals surface area contributed by atoms with Crippen molar-refractivity contribution >= 4 is 0 Å². The molecule has 0 aliphatic carbocycles. The van der Waals surface area contributed by atoms with Gasteiger partial charge in [-0.15, -0.1) is 0 Å². The topological polar surface area (TPSA) is 6.48 Å². The highest BCUT2D eigenvalue weighted by Crippen LogP contribution is 2.24. The first-order valence-electron chi connectivity index (χ1n) is 6.79. The Hall–Kier alpha value is -0.0800. The van der Waals surface area contributed by atoms with Gasteiger partial charge in [0, 0.05) is 12.1 Å². The van der Waals surface area contributed by atoms with Crippen LogP contribution in [0.4, 0.5) is 0 Å². The van der Waals surface area contributed by atoms with Crippen LogP contribution in [0.1, 0.15) is 46.0 Å². The van der Waals surface area contributed by atoms with Crippen molar-refractivity contribution in [2.75, 3.05) is 26.2 Å². The smallest absolute Gasteiger partial charge is 0.0122 e. The van der Waals surface area contributed by atoms with Gasteiger partial charge in [0.1, 0.15) is 0 Å². The Labute approximate surface area is 94.6 Å². The van der Waals surface area contributed by atoms with E-state index in [9.17, 15) is 0 Å². The molecule has 0 aromatic rings. The summed E-state index contributed by atoms with van der Waals surface area (Å²) in [7, 11) is 0. The molecule has 2 heteroatoms. The van der Waals surface area contributed by atoms with Crippen molar-refractivity contribution < 1.29 is 0 Å². The molecule has 1 atom stereocenters. The van der Waals surface area contributed by atoms with Gasteiger partial charge in [-0.05, 0) is 58.8 Å². The number of hydrogen-bond donors (Lipinski definition) is 0. The lowest BCUT2D eigenvalue weighted by Crippen LogP contribution is -2.49. The van der Waals surface area contributed by atoms with Crippen molar-refractivity contribution in [2.45, 2.75) is 58.0 Å². The molecule has 0 radical (unpaired) electrons. The van der Waals surface area contributed by atoms with Gasteiger partial charge in [0.2, 0.25) is 0 Å². The molecule has 2 saturated heterocycles. The Bertz CT molecular complexity index is 185. The summed E-state index contributed by atoms with van der Waals surface area (Å²) in [5.41, 5.74) is 0. The van der Waals surface area contributed by atoms with Crippen LogP contribution in [-0.4, -0.2) is 48.1 Å². The molecule has 2 fully saturated rings. The zero-order chi connectivity index (χ0) is 10.7. The van der Waals surface area contributed by atoms with E-state index in [0.29, 0.717) is 0 Å². The first-order chi connectivity index (χ1) is 7.31. The second-order valence-corrected chi connectivity index (χ2v) is 5.25. The van der Waals surface area contributed by atoms with Crippen molar-refractivity contribution in [2.24, 2.45) is 0 Å². The van der Waals surface area contributed by atoms with Gasteiger partial charge >= 0.3 is 0 Å². The van der Waals surface area contributed by atoms with Gasteiger partial charge in [0.05, 0.1) is 0 Å². The Morgan fingerprint density at radius 2 is 1.73 bits per heavy atom. The third-order valence-corrected chi connectivity index (χ3v) is 4.33. The maximum Gasteiger partial charge on any atom is 0.0122 e. The number of likely N-dealkylation sites (tertiary alicyclic amines) is 2. The van der Waals surface area contributed by atoms with Gasteiger partial charge in [0.15, 0.2) is 0 Å². The summed E-state index contributed by atoms with van der Waals surface area (Å²) in [5, 5.41) is 0. The fourth-order valence-corrected chi connectivity index (χ4v) is 3.23. The van der Waals surface area contributed by atoms with Crippen molar-refractivity contribution in [1.82, 2.24) is 9.80 Å². The number of rotatable bonds is 2. The van der Waals surface area contributed by atoms with Crippen LogP contribution < -0.4 is 0 Å². The van der Waals surface area contributed by atoms with Crippen molar-refractivity contribution in [3.8, 4) is 0 Å². The molecule has 0 spiro atoms. The van der Waals surface area contributed by atoms with Crippen LogP contribution >= 0.6 is 0 Å². The quantitative estimate of drug-likeness (QED) is 0.690. The van der Waals surface area contributed by atoms with Gasteiger partial charge in [-0.3, -0.25) is 4.90 Å². The Balaban J connectivity index is 1.83. The summed E-state index contributed by atoms with van der Waals surface area (Å²) >= 11 is 0. The second-order valence-electron chi connectivity index (χ2n) is 5.25. The summed E-state index contributed by atoms with van der Waals surface area (Å²) < 4.78 is 0. The number of nitrogens with zero attached hydrogens (tertiary/aromatic N) is 2. The highest BCUT2D eigenvalue weighted by atomic mass is 15.2. The van der Waals surface area contributed by atoms with E-state index in [-0.39, 0.29) is 0 Å². The van der Waals surface area contributed by atoms with Crippen LogP contribution in [0.15, 0.2) is 0 Å². The zero-order valence-electron chi connectivity index (χ0n) is 10.4. The third-order valence-electron chi connectivity index (χ3n) is 4.33. The van der Waals surface area contributed by atoms with E-state index >= 15 is 0 Å². The lowest BCUT2D eigenvalue weighted by molar-refractivity contribution is 0.0590. The fraction of sp³-hybridized carbons (Fsp3) is 1.00. The van der Waals surface area contributed by atoms with E-state index in [2.05, 4.69) is 23.6 Å². The van der Waals surface area contributed by atoms with Crippen molar-refractivity contribution in [3.05, 3.63) is 0 Å². The average molecular weight is 210 g/mol. The lowest BCUT2D eigenvalue weighted by Gasteiger charge is -2.43. The summed E-state index contributed by atoms with van der Waals surface area (Å²) in [6, 6.07) is 1.74. The molecule has 0 aromatic heterocycles. The van der Waals surface area contributed by atoms with Crippen LogP contribution in [0, 0.1) is 0 Å². The molecule has 2 heterocycles. The molecule has 2 aliphatic rings. The van der Waals surface area contributed by atoms with Crippen molar-refractivity contribution in [3.63, 3.8) is 0 Å². The van der Waals surface area contributed by atoms with Crippen molar-refractivity contribution in [1.29, 1.82) is 0 Å². The minimum atomic E-state index is 0.844. The highest BCUT2D eigenvalue weighted by molar-refractivity contribution is 4.84. The molecule has 2 aliphatic heterocycles. The lowest BCUT2D eigenvalue weighted by atomic mass is 9.96. The molecular weight excluding hydrogens is 184 g/mol. The summed E-state index contributed by atoms with van der Waals surface area (Å²) in [4.78, 5) is 5.38. The predicted octanol–water partition coefficient (Wildman–Crippen LogP) is 2.35. The summed E-state index contributed by atoms with van der Waals surface area (Å²) in [6.07, 6.45) is 7.11. The standard InChI is InChI=1S/C13H26N2/c1-3-14-10-7-13(8-11-14)15-9-5-4-6-12(15)2/h12-13H,3-11H2,1-2H3/t12-/m1/s1. The van der Waals surface area contributed by atoms with E-state index < -0.39 is 0 Å². The molecule has 2 nitrogen and oxygen atoms in total. The average Bonchev–Trinajstić information content (AvgIpc) is 2.30. The van der Waals surface area contributed by atoms with Gasteiger partial charge in [0.25, 0.3) is 0 Å². The van der Waals surface area contributed by atoms with Crippen LogP contribution in [0.2, 0.25) is 0 Å². The largest absolute Gasteiger partial charge is 0.303 e. The highest BCUT2D eigenvalue weighted by Gasteiger charge is 2.28. The maximum absolute atomic E-state index is 2.79. The normalized spacial score (nSPS) is 32.0. The number of piperidine rings is 2. The Kier molecular flexibility index (Phi) is 4.04. The molecule has 2 rings (SSSR count). The van der Waals surface area contributed by atoms with Crippen LogP contribution in [0.5, 0.6) is 0 Å². The maximum atomic E-state index is 2.79.